The number of H-pyrrole nitrogens is 1. The van der Waals surface area contributed by atoms with E-state index >= 15 is 0 Å². The first kappa shape index (κ1) is 18.7. The Morgan fingerprint density at radius 1 is 1.41 bits per heavy atom. The van der Waals surface area contributed by atoms with Gasteiger partial charge in [0.05, 0.1) is 12.1 Å². The lowest BCUT2D eigenvalue weighted by atomic mass is 10.0. The number of fused-ring (bicyclic) bond motifs is 1. The average molecular weight is 375 g/mol. The van der Waals surface area contributed by atoms with E-state index < -0.39 is 29.9 Å². The number of rotatable bonds is 4. The number of carbonyl (C=O) groups excluding carboxylic acids is 1. The van der Waals surface area contributed by atoms with Crippen LogP contribution in [0.2, 0.25) is 0 Å². The van der Waals surface area contributed by atoms with Crippen LogP contribution in [0.25, 0.3) is 0 Å². The van der Waals surface area contributed by atoms with Crippen molar-refractivity contribution >= 4 is 23.5 Å². The molecule has 10 nitrogen and oxygen atoms in total. The Morgan fingerprint density at radius 3 is 2.78 bits per heavy atom. The van der Waals surface area contributed by atoms with Crippen LogP contribution in [-0.2, 0) is 11.3 Å². The summed E-state index contributed by atoms with van der Waals surface area (Å²) < 4.78 is 5.32. The standard InChI is InChI=1S/C17H21N5O5/c1-9(23)13(24)11-7-19-14-12(15(25)21-16(18)20-14)22(11)17(26)27-8-10-5-3-2-4-6-10/h2-6,9,11,13,23-24H,7-8H2,1H3,(H4,18,19,20,21,25)/t9-,11+,13-/m0/s1. The van der Waals surface area contributed by atoms with Crippen LogP contribution >= 0.6 is 0 Å². The Hall–Kier alpha value is -3.11. The van der Waals surface area contributed by atoms with Crippen molar-refractivity contribution in [1.82, 2.24) is 9.97 Å². The summed E-state index contributed by atoms with van der Waals surface area (Å²) in [6, 6.07) is 8.09. The van der Waals surface area contributed by atoms with Gasteiger partial charge in [0.25, 0.3) is 5.56 Å². The van der Waals surface area contributed by atoms with Crippen molar-refractivity contribution in [1.29, 1.82) is 0 Å². The number of aromatic nitrogens is 2. The molecule has 1 amide bonds. The largest absolute Gasteiger partial charge is 0.444 e. The van der Waals surface area contributed by atoms with E-state index in [1.54, 1.807) is 24.3 Å². The molecular weight excluding hydrogens is 354 g/mol. The van der Waals surface area contributed by atoms with Gasteiger partial charge in [-0.2, -0.15) is 4.98 Å². The minimum absolute atomic E-state index is 0.0171. The Labute approximate surface area is 154 Å². The third kappa shape index (κ3) is 3.86. The first-order valence-electron chi connectivity index (χ1n) is 8.38. The van der Waals surface area contributed by atoms with Crippen molar-refractivity contribution in [2.24, 2.45) is 0 Å². The number of amides is 1. The van der Waals surface area contributed by atoms with Crippen molar-refractivity contribution < 1.29 is 19.7 Å². The minimum atomic E-state index is -1.31. The molecule has 0 fully saturated rings. The Bertz CT molecular complexity index is 870. The van der Waals surface area contributed by atoms with E-state index in [2.05, 4.69) is 15.3 Å². The van der Waals surface area contributed by atoms with Crippen LogP contribution in [0.3, 0.4) is 0 Å². The van der Waals surface area contributed by atoms with Gasteiger partial charge in [-0.05, 0) is 12.5 Å². The second-order valence-corrected chi connectivity index (χ2v) is 6.24. The number of nitrogens with one attached hydrogen (secondary N) is 2. The molecule has 27 heavy (non-hydrogen) atoms. The number of carbonyl (C=O) groups is 1. The summed E-state index contributed by atoms with van der Waals surface area (Å²) in [6.45, 7) is 1.42. The second-order valence-electron chi connectivity index (χ2n) is 6.24. The van der Waals surface area contributed by atoms with E-state index in [9.17, 15) is 19.8 Å². The molecule has 0 aliphatic carbocycles. The van der Waals surface area contributed by atoms with Gasteiger partial charge in [-0.15, -0.1) is 0 Å². The third-order valence-electron chi connectivity index (χ3n) is 4.25. The maximum absolute atomic E-state index is 12.8. The van der Waals surface area contributed by atoms with Crippen molar-refractivity contribution in [3.8, 4) is 0 Å². The van der Waals surface area contributed by atoms with Crippen molar-refractivity contribution in [3.05, 3.63) is 46.2 Å². The number of nitrogen functional groups attached to an aromatic ring is 1. The second kappa shape index (κ2) is 7.64. The van der Waals surface area contributed by atoms with Gasteiger partial charge in [-0.3, -0.25) is 14.7 Å². The number of nitrogens with two attached hydrogens (primary N) is 1. The van der Waals surface area contributed by atoms with Gasteiger partial charge in [-0.1, -0.05) is 30.3 Å². The van der Waals surface area contributed by atoms with Crippen LogP contribution in [-0.4, -0.2) is 51.1 Å². The fourth-order valence-corrected chi connectivity index (χ4v) is 2.90. The van der Waals surface area contributed by atoms with Crippen molar-refractivity contribution in [3.63, 3.8) is 0 Å². The highest BCUT2D eigenvalue weighted by Gasteiger charge is 2.40. The number of ether oxygens (including phenoxy) is 1. The summed E-state index contributed by atoms with van der Waals surface area (Å²) >= 11 is 0. The topological polar surface area (TPSA) is 154 Å². The lowest BCUT2D eigenvalue weighted by molar-refractivity contribution is 0.0145. The first-order valence-corrected chi connectivity index (χ1v) is 8.38. The van der Waals surface area contributed by atoms with E-state index in [1.807, 2.05) is 6.07 Å². The summed E-state index contributed by atoms with van der Waals surface area (Å²) in [7, 11) is 0. The van der Waals surface area contributed by atoms with Crippen LogP contribution in [0.1, 0.15) is 12.5 Å². The molecule has 1 aromatic heterocycles. The number of hydrogen-bond acceptors (Lipinski definition) is 8. The van der Waals surface area contributed by atoms with Gasteiger partial charge in [0.15, 0.2) is 11.5 Å². The Balaban J connectivity index is 1.94. The SMILES string of the molecule is C[C@H](O)[C@H](O)[C@H]1CNc2nc(N)[nH]c(=O)c2N1C(=O)OCc1ccccc1. The predicted octanol–water partition coefficient (Wildman–Crippen LogP) is 0.0311. The summed E-state index contributed by atoms with van der Waals surface area (Å²) in [5, 5.41) is 23.0. The van der Waals surface area contributed by atoms with Crippen molar-refractivity contribution in [2.75, 3.05) is 22.5 Å². The molecule has 0 unspecified atom stereocenters. The molecule has 1 aromatic carbocycles. The summed E-state index contributed by atoms with van der Waals surface area (Å²) in [4.78, 5) is 32.5. The zero-order valence-corrected chi connectivity index (χ0v) is 14.6. The molecule has 10 heteroatoms. The van der Waals surface area contributed by atoms with Crippen molar-refractivity contribution in [2.45, 2.75) is 31.8 Å². The van der Waals surface area contributed by atoms with Gasteiger partial charge in [-0.25, -0.2) is 4.79 Å². The number of aromatic amines is 1. The predicted molar refractivity (Wildman–Crippen MR) is 98.3 cm³/mol. The molecule has 3 atom stereocenters. The van der Waals surface area contributed by atoms with E-state index in [4.69, 9.17) is 10.5 Å². The molecule has 144 valence electrons. The number of benzene rings is 1. The molecular formula is C17H21N5O5. The van der Waals surface area contributed by atoms with Crippen LogP contribution < -0.4 is 21.5 Å². The Kier molecular flexibility index (Phi) is 5.28. The highest BCUT2D eigenvalue weighted by molar-refractivity contribution is 5.93. The monoisotopic (exact) mass is 375 g/mol. The molecule has 1 aliphatic rings. The molecule has 0 radical (unpaired) electrons. The highest BCUT2D eigenvalue weighted by atomic mass is 16.6. The molecule has 1 aliphatic heterocycles. The summed E-state index contributed by atoms with van der Waals surface area (Å²) in [5.41, 5.74) is 5.52. The lowest BCUT2D eigenvalue weighted by Gasteiger charge is -2.38. The number of hydrogen-bond donors (Lipinski definition) is 5. The molecule has 6 N–H and O–H groups in total. The highest BCUT2D eigenvalue weighted by Crippen LogP contribution is 2.29. The number of aliphatic hydroxyl groups is 2. The van der Waals surface area contributed by atoms with E-state index in [-0.39, 0.29) is 30.6 Å². The van der Waals surface area contributed by atoms with Crippen LogP contribution in [0, 0.1) is 0 Å². The third-order valence-corrected chi connectivity index (χ3v) is 4.25. The molecule has 2 aromatic rings. The first-order chi connectivity index (χ1) is 12.9. The molecule has 3 rings (SSSR count). The fourth-order valence-electron chi connectivity index (χ4n) is 2.90. The smallest absolute Gasteiger partial charge is 0.415 e. The zero-order valence-electron chi connectivity index (χ0n) is 14.6. The van der Waals surface area contributed by atoms with Crippen LogP contribution in [0.4, 0.5) is 22.2 Å². The van der Waals surface area contributed by atoms with E-state index in [0.29, 0.717) is 0 Å². The number of aliphatic hydroxyl groups excluding tert-OH is 2. The molecule has 0 bridgehead atoms. The molecule has 2 heterocycles. The molecule has 0 saturated heterocycles. The van der Waals surface area contributed by atoms with Gasteiger partial charge in [0, 0.05) is 6.54 Å². The number of anilines is 3. The van der Waals surface area contributed by atoms with E-state index in [0.717, 1.165) is 10.5 Å². The summed E-state index contributed by atoms with van der Waals surface area (Å²) in [5.74, 6) is -0.0136. The maximum atomic E-state index is 12.8. The van der Waals surface area contributed by atoms with Gasteiger partial charge < -0.3 is 26.0 Å². The van der Waals surface area contributed by atoms with E-state index in [1.165, 1.54) is 6.92 Å². The maximum Gasteiger partial charge on any atom is 0.415 e. The van der Waals surface area contributed by atoms with Gasteiger partial charge >= 0.3 is 6.09 Å². The molecule has 0 spiro atoms. The minimum Gasteiger partial charge on any atom is -0.444 e. The fraction of sp³-hybridized carbons (Fsp3) is 0.353. The quantitative estimate of drug-likeness (QED) is 0.501. The van der Waals surface area contributed by atoms with Gasteiger partial charge in [0.1, 0.15) is 12.7 Å². The Morgan fingerprint density at radius 2 is 2.11 bits per heavy atom. The van der Waals surface area contributed by atoms with Crippen LogP contribution in [0.5, 0.6) is 0 Å². The average Bonchev–Trinajstić information content (AvgIpc) is 2.65. The van der Waals surface area contributed by atoms with Gasteiger partial charge in [0.2, 0.25) is 5.95 Å². The zero-order chi connectivity index (χ0) is 19.6. The lowest BCUT2D eigenvalue weighted by Crippen LogP contribution is -2.58. The summed E-state index contributed by atoms with van der Waals surface area (Å²) in [6.07, 6.45) is -3.29. The normalized spacial score (nSPS) is 18.2. The van der Waals surface area contributed by atoms with Crippen LogP contribution in [0.15, 0.2) is 35.1 Å². The number of nitrogens with zero attached hydrogens (tertiary/aromatic N) is 2. The molecule has 0 saturated carbocycles.